The molecule has 4 rings (SSSR count). The van der Waals surface area contributed by atoms with Gasteiger partial charge in [0.05, 0.1) is 17.4 Å². The van der Waals surface area contributed by atoms with Crippen LogP contribution in [0.25, 0.3) is 16.6 Å². The van der Waals surface area contributed by atoms with E-state index in [-0.39, 0.29) is 5.78 Å². The van der Waals surface area contributed by atoms with Crippen LogP contribution < -0.4 is 0 Å². The van der Waals surface area contributed by atoms with E-state index in [2.05, 4.69) is 5.10 Å². The number of aryl methyl sites for hydroxylation is 1. The lowest BCUT2D eigenvalue weighted by molar-refractivity contribution is 0.103. The Kier molecular flexibility index (Phi) is 3.47. The van der Waals surface area contributed by atoms with Gasteiger partial charge >= 0.3 is 0 Å². The number of ketones is 1. The maximum absolute atomic E-state index is 13.0. The van der Waals surface area contributed by atoms with Gasteiger partial charge in [0.1, 0.15) is 0 Å². The summed E-state index contributed by atoms with van der Waals surface area (Å²) in [5.74, 6) is 0.00480. The Morgan fingerprint density at radius 2 is 1.58 bits per heavy atom. The van der Waals surface area contributed by atoms with Crippen molar-refractivity contribution in [3.05, 3.63) is 95.7 Å². The maximum Gasteiger partial charge on any atom is 0.195 e. The summed E-state index contributed by atoms with van der Waals surface area (Å²) < 4.78 is 1.83. The predicted octanol–water partition coefficient (Wildman–Crippen LogP) is 4.56. The number of benzene rings is 3. The van der Waals surface area contributed by atoms with Crippen molar-refractivity contribution in [2.45, 2.75) is 6.92 Å². The van der Waals surface area contributed by atoms with Gasteiger partial charge in [-0.05, 0) is 25.1 Å². The van der Waals surface area contributed by atoms with Crippen LogP contribution in [0.4, 0.5) is 0 Å². The van der Waals surface area contributed by atoms with E-state index in [9.17, 15) is 4.79 Å². The molecule has 0 aliphatic heterocycles. The summed E-state index contributed by atoms with van der Waals surface area (Å²) in [5, 5.41) is 5.53. The van der Waals surface area contributed by atoms with Crippen molar-refractivity contribution in [1.29, 1.82) is 0 Å². The highest BCUT2D eigenvalue weighted by atomic mass is 16.1. The van der Waals surface area contributed by atoms with Gasteiger partial charge in [0.25, 0.3) is 0 Å². The molecule has 0 saturated carbocycles. The van der Waals surface area contributed by atoms with E-state index in [1.807, 2.05) is 90.6 Å². The van der Waals surface area contributed by atoms with E-state index in [1.165, 1.54) is 0 Å². The first kappa shape index (κ1) is 14.4. The van der Waals surface area contributed by atoms with Gasteiger partial charge in [0.15, 0.2) is 5.78 Å². The van der Waals surface area contributed by atoms with Crippen molar-refractivity contribution in [3.63, 3.8) is 0 Å². The molecule has 0 spiro atoms. The molecule has 3 nitrogen and oxygen atoms in total. The van der Waals surface area contributed by atoms with Crippen LogP contribution in [0.15, 0.2) is 79.0 Å². The highest BCUT2D eigenvalue weighted by Gasteiger charge is 2.16. The molecular formula is C21H16N2O. The summed E-state index contributed by atoms with van der Waals surface area (Å²) in [7, 11) is 0. The minimum Gasteiger partial charge on any atom is -0.289 e. The molecule has 0 radical (unpaired) electrons. The lowest BCUT2D eigenvalue weighted by Gasteiger charge is -2.10. The van der Waals surface area contributed by atoms with Crippen molar-refractivity contribution < 1.29 is 4.79 Å². The second kappa shape index (κ2) is 5.78. The normalized spacial score (nSPS) is 10.9. The molecule has 4 aromatic rings. The van der Waals surface area contributed by atoms with Crippen molar-refractivity contribution in [1.82, 2.24) is 9.78 Å². The van der Waals surface area contributed by atoms with E-state index >= 15 is 0 Å². The van der Waals surface area contributed by atoms with Crippen molar-refractivity contribution >= 4 is 16.7 Å². The standard InChI is InChI=1S/C21H16N2O/c1-15-10-12-16(13-11-15)21(24)18-7-3-5-9-20(18)23-19-8-4-2-6-17(19)14-22-23/h2-14H,1H3. The molecule has 3 aromatic carbocycles. The van der Waals surface area contributed by atoms with Gasteiger partial charge in [-0.2, -0.15) is 5.10 Å². The molecule has 1 aromatic heterocycles. The quantitative estimate of drug-likeness (QED) is 0.520. The van der Waals surface area contributed by atoms with Crippen LogP contribution >= 0.6 is 0 Å². The topological polar surface area (TPSA) is 34.9 Å². The molecule has 0 atom stereocenters. The number of para-hydroxylation sites is 2. The van der Waals surface area contributed by atoms with Crippen LogP contribution in [0.3, 0.4) is 0 Å². The Labute approximate surface area is 140 Å². The average Bonchev–Trinajstić information content (AvgIpc) is 3.06. The third kappa shape index (κ3) is 2.40. The summed E-state index contributed by atoms with van der Waals surface area (Å²) in [6, 6.07) is 23.2. The molecule has 0 fully saturated rings. The Hall–Kier alpha value is -3.20. The fraction of sp³-hybridized carbons (Fsp3) is 0.0476. The highest BCUT2D eigenvalue weighted by molar-refractivity contribution is 6.11. The second-order valence-corrected chi connectivity index (χ2v) is 5.83. The van der Waals surface area contributed by atoms with Crippen LogP contribution in [-0.4, -0.2) is 15.6 Å². The third-order valence-corrected chi connectivity index (χ3v) is 4.17. The number of rotatable bonds is 3. The summed E-state index contributed by atoms with van der Waals surface area (Å²) in [5.41, 5.74) is 4.25. The first-order chi connectivity index (χ1) is 11.7. The lowest BCUT2D eigenvalue weighted by atomic mass is 10.0. The second-order valence-electron chi connectivity index (χ2n) is 5.83. The zero-order valence-corrected chi connectivity index (χ0v) is 13.3. The van der Waals surface area contributed by atoms with Gasteiger partial charge in [-0.15, -0.1) is 0 Å². The fourth-order valence-corrected chi connectivity index (χ4v) is 2.87. The van der Waals surface area contributed by atoms with E-state index in [1.54, 1.807) is 0 Å². The zero-order valence-electron chi connectivity index (χ0n) is 13.3. The molecule has 0 saturated heterocycles. The van der Waals surface area contributed by atoms with E-state index in [4.69, 9.17) is 0 Å². The number of hydrogen-bond acceptors (Lipinski definition) is 2. The van der Waals surface area contributed by atoms with E-state index in [0.717, 1.165) is 22.2 Å². The smallest absolute Gasteiger partial charge is 0.195 e. The zero-order chi connectivity index (χ0) is 16.5. The molecule has 1 heterocycles. The van der Waals surface area contributed by atoms with Gasteiger partial charge in [0.2, 0.25) is 0 Å². The lowest BCUT2D eigenvalue weighted by Crippen LogP contribution is -2.08. The number of carbonyl (C=O) groups is 1. The summed E-state index contributed by atoms with van der Waals surface area (Å²) in [4.78, 5) is 13.0. The van der Waals surface area contributed by atoms with Gasteiger partial charge in [-0.3, -0.25) is 4.79 Å². The number of carbonyl (C=O) groups excluding carboxylic acids is 1. The average molecular weight is 312 g/mol. The van der Waals surface area contributed by atoms with E-state index in [0.29, 0.717) is 11.1 Å². The first-order valence-electron chi connectivity index (χ1n) is 7.87. The molecule has 0 aliphatic carbocycles. The van der Waals surface area contributed by atoms with Crippen LogP contribution in [0.2, 0.25) is 0 Å². The van der Waals surface area contributed by atoms with Crippen molar-refractivity contribution in [3.8, 4) is 5.69 Å². The Morgan fingerprint density at radius 1 is 0.875 bits per heavy atom. The number of hydrogen-bond donors (Lipinski definition) is 0. The Morgan fingerprint density at radius 3 is 2.42 bits per heavy atom. The molecule has 3 heteroatoms. The van der Waals surface area contributed by atoms with Gasteiger partial charge in [-0.25, -0.2) is 4.68 Å². The highest BCUT2D eigenvalue weighted by Crippen LogP contribution is 2.23. The van der Waals surface area contributed by atoms with Gasteiger partial charge in [0, 0.05) is 16.5 Å². The first-order valence-corrected chi connectivity index (χ1v) is 7.87. The molecule has 0 unspecified atom stereocenters. The third-order valence-electron chi connectivity index (χ3n) is 4.17. The fourth-order valence-electron chi connectivity index (χ4n) is 2.87. The minimum atomic E-state index is 0.00480. The number of aromatic nitrogens is 2. The minimum absolute atomic E-state index is 0.00480. The SMILES string of the molecule is Cc1ccc(C(=O)c2ccccc2-n2ncc3ccccc32)cc1. The van der Waals surface area contributed by atoms with Crippen molar-refractivity contribution in [2.75, 3.05) is 0 Å². The van der Waals surface area contributed by atoms with Crippen LogP contribution in [0, 0.1) is 6.92 Å². The van der Waals surface area contributed by atoms with Crippen LogP contribution in [0.1, 0.15) is 21.5 Å². The molecule has 0 N–H and O–H groups in total. The number of nitrogens with zero attached hydrogens (tertiary/aromatic N) is 2. The van der Waals surface area contributed by atoms with Gasteiger partial charge in [-0.1, -0.05) is 60.2 Å². The summed E-state index contributed by atoms with van der Waals surface area (Å²) >= 11 is 0. The summed E-state index contributed by atoms with van der Waals surface area (Å²) in [6.45, 7) is 2.01. The monoisotopic (exact) mass is 312 g/mol. The van der Waals surface area contributed by atoms with Crippen LogP contribution in [-0.2, 0) is 0 Å². The molecule has 116 valence electrons. The van der Waals surface area contributed by atoms with Crippen molar-refractivity contribution in [2.24, 2.45) is 0 Å². The molecule has 24 heavy (non-hydrogen) atoms. The molecular weight excluding hydrogens is 296 g/mol. The Bertz CT molecular complexity index is 1030. The molecule has 0 aliphatic rings. The molecule has 0 bridgehead atoms. The van der Waals surface area contributed by atoms with E-state index < -0.39 is 0 Å². The van der Waals surface area contributed by atoms with Crippen LogP contribution in [0.5, 0.6) is 0 Å². The number of fused-ring (bicyclic) bond motifs is 1. The predicted molar refractivity (Wildman–Crippen MR) is 95.7 cm³/mol. The maximum atomic E-state index is 13.0. The van der Waals surface area contributed by atoms with Gasteiger partial charge < -0.3 is 0 Å². The summed E-state index contributed by atoms with van der Waals surface area (Å²) in [6.07, 6.45) is 1.82. The molecule has 0 amide bonds. The Balaban J connectivity index is 1.87. The largest absolute Gasteiger partial charge is 0.289 e.